The van der Waals surface area contributed by atoms with Gasteiger partial charge in [0.1, 0.15) is 0 Å². The third kappa shape index (κ3) is 10.7. The van der Waals surface area contributed by atoms with Crippen LogP contribution < -0.4 is 5.73 Å². The molecule has 0 radical (unpaired) electrons. The maximum Gasteiger partial charge on any atom is 0.222 e. The first-order valence-corrected chi connectivity index (χ1v) is 8.16. The quantitative estimate of drug-likeness (QED) is 0.561. The molecular weight excluding hydrogens is 266 g/mol. The Bertz CT molecular complexity index is 260. The topological polar surface area (TPSA) is 58.8 Å². The highest BCUT2D eigenvalue weighted by molar-refractivity contribution is 5.76. The van der Waals surface area contributed by atoms with Gasteiger partial charge >= 0.3 is 0 Å². The van der Waals surface area contributed by atoms with Crippen LogP contribution in [0.5, 0.6) is 0 Å². The Balaban J connectivity index is 4.22. The first kappa shape index (κ1) is 20.3. The highest BCUT2D eigenvalue weighted by Crippen LogP contribution is 2.15. The number of methoxy groups -OCH3 is 1. The molecule has 2 N–H and O–H groups in total. The average Bonchev–Trinajstić information content (AvgIpc) is 2.46. The third-order valence-corrected chi connectivity index (χ3v) is 3.87. The largest absolute Gasteiger partial charge is 0.383 e. The molecule has 0 saturated carbocycles. The first-order chi connectivity index (χ1) is 10.0. The first-order valence-electron chi connectivity index (χ1n) is 8.16. The van der Waals surface area contributed by atoms with Crippen LogP contribution in [-0.4, -0.2) is 69.7 Å². The second-order valence-electron chi connectivity index (χ2n) is 5.92. The minimum atomic E-state index is 0.251. The van der Waals surface area contributed by atoms with Crippen molar-refractivity contribution >= 4 is 5.91 Å². The van der Waals surface area contributed by atoms with Gasteiger partial charge in [-0.1, -0.05) is 13.3 Å². The molecule has 0 aliphatic rings. The van der Waals surface area contributed by atoms with Gasteiger partial charge in [-0.25, -0.2) is 0 Å². The van der Waals surface area contributed by atoms with Gasteiger partial charge in [-0.3, -0.25) is 4.79 Å². The zero-order valence-electron chi connectivity index (χ0n) is 14.4. The van der Waals surface area contributed by atoms with Crippen LogP contribution in [0.1, 0.15) is 39.0 Å². The fraction of sp³-hybridized carbons (Fsp3) is 0.938. The van der Waals surface area contributed by atoms with Crippen LogP contribution in [0.3, 0.4) is 0 Å². The Morgan fingerprint density at radius 3 is 2.43 bits per heavy atom. The molecule has 1 amide bonds. The van der Waals surface area contributed by atoms with E-state index in [0.717, 1.165) is 38.8 Å². The van der Waals surface area contributed by atoms with Gasteiger partial charge in [0.05, 0.1) is 6.61 Å². The molecule has 0 rings (SSSR count). The zero-order valence-corrected chi connectivity index (χ0v) is 14.4. The number of nitrogens with zero attached hydrogens (tertiary/aromatic N) is 2. The molecule has 5 heteroatoms. The monoisotopic (exact) mass is 301 g/mol. The molecule has 0 aromatic heterocycles. The summed E-state index contributed by atoms with van der Waals surface area (Å²) in [6, 6.07) is 0. The van der Waals surface area contributed by atoms with Crippen LogP contribution >= 0.6 is 0 Å². The number of hydrogen-bond donors (Lipinski definition) is 1. The van der Waals surface area contributed by atoms with Crippen molar-refractivity contribution in [2.24, 2.45) is 11.7 Å². The maximum atomic E-state index is 12.4. The second kappa shape index (κ2) is 13.0. The van der Waals surface area contributed by atoms with E-state index in [1.807, 2.05) is 4.90 Å². The van der Waals surface area contributed by atoms with E-state index in [-0.39, 0.29) is 5.91 Å². The summed E-state index contributed by atoms with van der Waals surface area (Å²) in [6.45, 7) is 5.99. The van der Waals surface area contributed by atoms with Gasteiger partial charge in [-0.15, -0.1) is 0 Å². The van der Waals surface area contributed by atoms with Crippen LogP contribution in [0.4, 0.5) is 0 Å². The van der Waals surface area contributed by atoms with Crippen LogP contribution in [0, 0.1) is 5.92 Å². The van der Waals surface area contributed by atoms with Gasteiger partial charge in [0.25, 0.3) is 0 Å². The highest BCUT2D eigenvalue weighted by Gasteiger charge is 2.15. The lowest BCUT2D eigenvalue weighted by Crippen LogP contribution is -2.36. The highest BCUT2D eigenvalue weighted by atomic mass is 16.5. The van der Waals surface area contributed by atoms with Crippen molar-refractivity contribution in [3.05, 3.63) is 0 Å². The van der Waals surface area contributed by atoms with Gasteiger partial charge in [0.2, 0.25) is 5.91 Å². The van der Waals surface area contributed by atoms with Crippen molar-refractivity contribution in [2.45, 2.75) is 39.0 Å². The predicted molar refractivity (Wildman–Crippen MR) is 88.3 cm³/mol. The molecule has 5 nitrogen and oxygen atoms in total. The van der Waals surface area contributed by atoms with Gasteiger partial charge in [0.15, 0.2) is 0 Å². The van der Waals surface area contributed by atoms with Crippen molar-refractivity contribution in [3.63, 3.8) is 0 Å². The molecule has 0 aromatic carbocycles. The Labute approximate surface area is 130 Å². The van der Waals surface area contributed by atoms with E-state index in [1.54, 1.807) is 7.11 Å². The molecule has 1 atom stereocenters. The van der Waals surface area contributed by atoms with Crippen molar-refractivity contribution in [1.82, 2.24) is 9.80 Å². The molecule has 0 aliphatic carbocycles. The molecule has 21 heavy (non-hydrogen) atoms. The summed E-state index contributed by atoms with van der Waals surface area (Å²) >= 11 is 0. The van der Waals surface area contributed by atoms with Gasteiger partial charge in [-0.05, 0) is 52.4 Å². The number of ether oxygens (including phenoxy) is 1. The Morgan fingerprint density at radius 2 is 1.90 bits per heavy atom. The minimum absolute atomic E-state index is 0.251. The molecular formula is C16H35N3O2. The van der Waals surface area contributed by atoms with E-state index in [2.05, 4.69) is 25.9 Å². The van der Waals surface area contributed by atoms with E-state index in [9.17, 15) is 4.79 Å². The number of rotatable bonds is 13. The predicted octanol–water partition coefficient (Wildman–Crippen LogP) is 1.57. The molecule has 1 unspecified atom stereocenters. The van der Waals surface area contributed by atoms with Crippen molar-refractivity contribution in [3.8, 4) is 0 Å². The molecule has 0 saturated heterocycles. The Morgan fingerprint density at radius 1 is 1.19 bits per heavy atom. The van der Waals surface area contributed by atoms with Crippen LogP contribution in [0.25, 0.3) is 0 Å². The number of amides is 1. The number of carbonyl (C=O) groups excluding carboxylic acids is 1. The fourth-order valence-corrected chi connectivity index (χ4v) is 2.41. The number of nitrogens with two attached hydrogens (primary N) is 1. The van der Waals surface area contributed by atoms with Crippen molar-refractivity contribution in [2.75, 3.05) is 54.0 Å². The Hall–Kier alpha value is -0.650. The smallest absolute Gasteiger partial charge is 0.222 e. The molecule has 0 fully saturated rings. The summed E-state index contributed by atoms with van der Waals surface area (Å²) in [5.41, 5.74) is 5.61. The Kier molecular flexibility index (Phi) is 12.6. The van der Waals surface area contributed by atoms with Crippen LogP contribution in [0.15, 0.2) is 0 Å². The van der Waals surface area contributed by atoms with E-state index >= 15 is 0 Å². The van der Waals surface area contributed by atoms with Crippen molar-refractivity contribution in [1.29, 1.82) is 0 Å². The summed E-state index contributed by atoms with van der Waals surface area (Å²) < 4.78 is 5.11. The molecule has 0 aliphatic heterocycles. The lowest BCUT2D eigenvalue weighted by atomic mass is 9.96. The van der Waals surface area contributed by atoms with Gasteiger partial charge in [-0.2, -0.15) is 0 Å². The summed E-state index contributed by atoms with van der Waals surface area (Å²) in [4.78, 5) is 16.5. The molecule has 0 bridgehead atoms. The standard InChI is InChI=1S/C16H35N3O2/c1-5-15(9-10-17)7-8-16(20)19(13-14-21-4)12-6-11-18(2)3/h15H,5-14,17H2,1-4H3. The van der Waals surface area contributed by atoms with E-state index in [1.165, 1.54) is 0 Å². The summed E-state index contributed by atoms with van der Waals surface area (Å²) in [5, 5.41) is 0. The van der Waals surface area contributed by atoms with Crippen LogP contribution in [0.2, 0.25) is 0 Å². The van der Waals surface area contributed by atoms with E-state index in [4.69, 9.17) is 10.5 Å². The second-order valence-corrected chi connectivity index (χ2v) is 5.92. The maximum absolute atomic E-state index is 12.4. The molecule has 0 spiro atoms. The molecule has 0 heterocycles. The van der Waals surface area contributed by atoms with Gasteiger partial charge < -0.3 is 20.3 Å². The number of hydrogen-bond acceptors (Lipinski definition) is 4. The third-order valence-electron chi connectivity index (χ3n) is 3.87. The van der Waals surface area contributed by atoms with E-state index in [0.29, 0.717) is 32.0 Å². The fourth-order valence-electron chi connectivity index (χ4n) is 2.41. The normalized spacial score (nSPS) is 12.7. The van der Waals surface area contributed by atoms with Gasteiger partial charge in [0, 0.05) is 26.6 Å². The lowest BCUT2D eigenvalue weighted by molar-refractivity contribution is -0.132. The van der Waals surface area contributed by atoms with Crippen LogP contribution in [-0.2, 0) is 9.53 Å². The minimum Gasteiger partial charge on any atom is -0.383 e. The average molecular weight is 301 g/mol. The lowest BCUT2D eigenvalue weighted by Gasteiger charge is -2.24. The zero-order chi connectivity index (χ0) is 16.1. The summed E-state index contributed by atoms with van der Waals surface area (Å²) in [6.07, 6.45) is 4.70. The number of carbonyl (C=O) groups is 1. The molecule has 0 aromatic rings. The summed E-state index contributed by atoms with van der Waals surface area (Å²) in [5.74, 6) is 0.825. The van der Waals surface area contributed by atoms with E-state index < -0.39 is 0 Å². The SMILES string of the molecule is CCC(CCN)CCC(=O)N(CCCN(C)C)CCOC. The molecule has 126 valence electrons. The summed E-state index contributed by atoms with van der Waals surface area (Å²) in [7, 11) is 5.79. The van der Waals surface area contributed by atoms with Crippen molar-refractivity contribution < 1.29 is 9.53 Å².